The first kappa shape index (κ1) is 18.7. The zero-order chi connectivity index (χ0) is 19.7. The lowest BCUT2D eigenvalue weighted by Gasteiger charge is -2.35. The van der Waals surface area contributed by atoms with Gasteiger partial charge in [-0.1, -0.05) is 0 Å². The number of hydrogen-bond donors (Lipinski definition) is 1. The second kappa shape index (κ2) is 7.41. The summed E-state index contributed by atoms with van der Waals surface area (Å²) < 4.78 is 41.4. The largest absolute Gasteiger partial charge is 0.366 e. The molecule has 0 saturated carbocycles. The van der Waals surface area contributed by atoms with Gasteiger partial charge in [0, 0.05) is 38.4 Å². The third-order valence-electron chi connectivity index (χ3n) is 4.44. The van der Waals surface area contributed by atoms with Crippen molar-refractivity contribution in [3.05, 3.63) is 58.9 Å². The Kier molecular flexibility index (Phi) is 4.96. The van der Waals surface area contributed by atoms with E-state index in [0.717, 1.165) is 17.5 Å². The molecule has 1 N–H and O–H groups in total. The van der Waals surface area contributed by atoms with Crippen molar-refractivity contribution in [2.75, 3.05) is 31.1 Å². The van der Waals surface area contributed by atoms with Gasteiger partial charge in [-0.15, -0.1) is 11.3 Å². The summed E-state index contributed by atoms with van der Waals surface area (Å²) in [7, 11) is -3.65. The summed E-state index contributed by atoms with van der Waals surface area (Å²) in [4.78, 5) is 17.3. The average molecular weight is 421 g/mol. The number of piperazine rings is 1. The summed E-state index contributed by atoms with van der Waals surface area (Å²) in [5, 5.41) is 6.26. The molecule has 0 amide bonds. The molecule has 4 heterocycles. The normalized spacial score (nSPS) is 15.7. The maximum absolute atomic E-state index is 13.9. The topological polar surface area (TPSA) is 99.3 Å². The second-order valence-electron chi connectivity index (χ2n) is 6.14. The minimum atomic E-state index is -3.65. The summed E-state index contributed by atoms with van der Waals surface area (Å²) in [6.07, 6.45) is 2.66. The molecule has 4 rings (SSSR count). The maximum Gasteiger partial charge on any atom is 0.264 e. The highest BCUT2D eigenvalue weighted by Gasteiger charge is 2.30. The quantitative estimate of drug-likeness (QED) is 0.686. The molecule has 146 valence electrons. The Bertz CT molecular complexity index is 1130. The first-order valence-corrected chi connectivity index (χ1v) is 10.7. The summed E-state index contributed by atoms with van der Waals surface area (Å²) in [6, 6.07) is 7.68. The van der Waals surface area contributed by atoms with Crippen LogP contribution < -0.4 is 10.5 Å². The number of aromatic amines is 1. The Balaban J connectivity index is 1.50. The highest BCUT2D eigenvalue weighted by Crippen LogP contribution is 2.31. The van der Waals surface area contributed by atoms with E-state index in [2.05, 4.69) is 15.2 Å². The van der Waals surface area contributed by atoms with Crippen molar-refractivity contribution < 1.29 is 12.8 Å². The van der Waals surface area contributed by atoms with Gasteiger partial charge in [0.1, 0.15) is 9.90 Å². The van der Waals surface area contributed by atoms with E-state index in [-0.39, 0.29) is 22.9 Å². The molecule has 1 aliphatic heterocycles. The Hall–Kier alpha value is -2.63. The molecular weight excluding hydrogens is 405 g/mol. The van der Waals surface area contributed by atoms with Crippen LogP contribution in [0, 0.1) is 5.82 Å². The highest BCUT2D eigenvalue weighted by molar-refractivity contribution is 7.91. The number of nitrogens with one attached hydrogen (secondary N) is 1. The van der Waals surface area contributed by atoms with Crippen LogP contribution in [0.5, 0.6) is 0 Å². The molecule has 1 saturated heterocycles. The summed E-state index contributed by atoms with van der Waals surface area (Å²) >= 11 is 1.10. The molecule has 8 nitrogen and oxygen atoms in total. The Morgan fingerprint density at radius 2 is 1.86 bits per heavy atom. The van der Waals surface area contributed by atoms with Gasteiger partial charge in [-0.05, 0) is 24.3 Å². The maximum atomic E-state index is 13.9. The zero-order valence-electron chi connectivity index (χ0n) is 14.6. The first-order chi connectivity index (χ1) is 13.4. The van der Waals surface area contributed by atoms with Gasteiger partial charge >= 0.3 is 0 Å². The van der Waals surface area contributed by atoms with Crippen LogP contribution in [0.1, 0.15) is 0 Å². The molecule has 3 aromatic rings. The van der Waals surface area contributed by atoms with E-state index in [1.54, 1.807) is 18.2 Å². The Morgan fingerprint density at radius 1 is 1.07 bits per heavy atom. The number of pyridine rings is 1. The number of anilines is 1. The molecule has 1 aliphatic rings. The summed E-state index contributed by atoms with van der Waals surface area (Å²) in [6.45, 7) is 1.29. The first-order valence-electron chi connectivity index (χ1n) is 8.46. The van der Waals surface area contributed by atoms with Crippen LogP contribution in [0.2, 0.25) is 0 Å². The lowest BCUT2D eigenvalue weighted by molar-refractivity contribution is 0.384. The second-order valence-corrected chi connectivity index (χ2v) is 9.39. The minimum Gasteiger partial charge on any atom is -0.366 e. The predicted molar refractivity (Wildman–Crippen MR) is 103 cm³/mol. The number of thiophene rings is 1. The summed E-state index contributed by atoms with van der Waals surface area (Å²) in [5.41, 5.74) is 0.607. The Labute approximate surface area is 164 Å². The van der Waals surface area contributed by atoms with Crippen molar-refractivity contribution in [2.45, 2.75) is 4.21 Å². The fourth-order valence-electron chi connectivity index (χ4n) is 3.00. The molecule has 0 aromatic carbocycles. The predicted octanol–water partition coefficient (Wildman–Crippen LogP) is 1.54. The van der Waals surface area contributed by atoms with Gasteiger partial charge in [-0.2, -0.15) is 9.40 Å². The molecule has 0 unspecified atom stereocenters. The van der Waals surface area contributed by atoms with Gasteiger partial charge in [0.2, 0.25) is 0 Å². The van der Waals surface area contributed by atoms with Crippen molar-refractivity contribution in [2.24, 2.45) is 0 Å². The van der Waals surface area contributed by atoms with Crippen LogP contribution in [0.15, 0.2) is 51.7 Å². The fraction of sp³-hybridized carbons (Fsp3) is 0.235. The average Bonchev–Trinajstić information content (AvgIpc) is 3.20. The van der Waals surface area contributed by atoms with Crippen molar-refractivity contribution in [3.63, 3.8) is 0 Å². The van der Waals surface area contributed by atoms with E-state index < -0.39 is 15.8 Å². The molecule has 0 radical (unpaired) electrons. The highest BCUT2D eigenvalue weighted by atomic mass is 32.2. The number of rotatable bonds is 4. The number of hydrogen-bond acceptors (Lipinski definition) is 7. The van der Waals surface area contributed by atoms with Crippen LogP contribution in [-0.4, -0.2) is 54.1 Å². The van der Waals surface area contributed by atoms with Gasteiger partial charge in [-0.25, -0.2) is 17.9 Å². The zero-order valence-corrected chi connectivity index (χ0v) is 16.2. The molecule has 0 spiro atoms. The molecule has 3 aromatic heterocycles. The van der Waals surface area contributed by atoms with E-state index in [4.69, 9.17) is 0 Å². The lowest BCUT2D eigenvalue weighted by atomic mass is 10.3. The fourth-order valence-corrected chi connectivity index (χ4v) is 5.85. The summed E-state index contributed by atoms with van der Waals surface area (Å²) in [5.74, 6) is -0.421. The van der Waals surface area contributed by atoms with Crippen LogP contribution >= 0.6 is 11.3 Å². The van der Waals surface area contributed by atoms with Crippen LogP contribution in [0.4, 0.5) is 10.1 Å². The van der Waals surface area contributed by atoms with Gasteiger partial charge in [0.15, 0.2) is 5.82 Å². The minimum absolute atomic E-state index is 0.207. The van der Waals surface area contributed by atoms with Crippen molar-refractivity contribution in [3.8, 4) is 10.6 Å². The number of halogens is 1. The molecule has 28 heavy (non-hydrogen) atoms. The molecule has 0 bridgehead atoms. The van der Waals surface area contributed by atoms with Crippen molar-refractivity contribution in [1.82, 2.24) is 19.5 Å². The molecule has 0 aliphatic carbocycles. The van der Waals surface area contributed by atoms with Crippen molar-refractivity contribution >= 4 is 27.0 Å². The standard InChI is InChI=1S/C17H16FN5O3S2/c18-12-11-19-6-5-14(12)22-7-9-23(10-8-22)28(25,26)17-4-2-15(27-17)13-1-3-16(24)21-20-13/h1-6,11H,7-10H2,(H,21,24). The van der Waals surface area contributed by atoms with Gasteiger partial charge < -0.3 is 4.90 Å². The number of nitrogens with zero attached hydrogens (tertiary/aromatic N) is 4. The third-order valence-corrected chi connectivity index (χ3v) is 7.91. The van der Waals surface area contributed by atoms with Crippen LogP contribution in [-0.2, 0) is 10.0 Å². The smallest absolute Gasteiger partial charge is 0.264 e. The molecule has 0 atom stereocenters. The SMILES string of the molecule is O=c1ccc(-c2ccc(S(=O)(=O)N3CCN(c4ccncc4F)CC3)s2)n[nH]1. The number of aromatic nitrogens is 3. The van der Waals surface area contributed by atoms with E-state index in [1.807, 2.05) is 4.90 Å². The van der Waals surface area contributed by atoms with Gasteiger partial charge in [-0.3, -0.25) is 9.78 Å². The van der Waals surface area contributed by atoms with Crippen LogP contribution in [0.3, 0.4) is 0 Å². The van der Waals surface area contributed by atoms with Crippen molar-refractivity contribution in [1.29, 1.82) is 0 Å². The van der Waals surface area contributed by atoms with E-state index >= 15 is 0 Å². The Morgan fingerprint density at radius 3 is 2.54 bits per heavy atom. The molecular formula is C17H16FN5O3S2. The monoisotopic (exact) mass is 421 g/mol. The number of H-pyrrole nitrogens is 1. The lowest BCUT2D eigenvalue weighted by Crippen LogP contribution is -2.48. The number of sulfonamides is 1. The van der Waals surface area contributed by atoms with E-state index in [1.165, 1.54) is 22.6 Å². The van der Waals surface area contributed by atoms with Gasteiger partial charge in [0.05, 0.1) is 16.8 Å². The third kappa shape index (κ3) is 3.55. The van der Waals surface area contributed by atoms with E-state index in [0.29, 0.717) is 29.3 Å². The van der Waals surface area contributed by atoms with Gasteiger partial charge in [0.25, 0.3) is 15.6 Å². The molecule has 1 fully saturated rings. The van der Waals surface area contributed by atoms with Crippen LogP contribution in [0.25, 0.3) is 10.6 Å². The molecule has 11 heteroatoms. The van der Waals surface area contributed by atoms with E-state index in [9.17, 15) is 17.6 Å².